The number of unbranched alkanes of at least 4 members (excludes halogenated alkanes) is 8. The van der Waals surface area contributed by atoms with E-state index in [-0.39, 0.29) is 78.0 Å². The second-order valence-corrected chi connectivity index (χ2v) is 6.53. The van der Waals surface area contributed by atoms with Crippen molar-refractivity contribution in [2.75, 3.05) is 13.2 Å². The van der Waals surface area contributed by atoms with Crippen molar-refractivity contribution < 1.29 is 19.8 Å². The van der Waals surface area contributed by atoms with Crippen LogP contribution in [-0.4, -0.2) is 105 Å². The molecule has 0 spiro atoms. The van der Waals surface area contributed by atoms with Gasteiger partial charge in [-0.1, -0.05) is 65.2 Å². The molecule has 1 amide bonds. The number of aliphatic hydroxyl groups is 1. The SMILES string of the molecule is CCCCCCCCCCCC(=O)N(CCC)[C@@H](CCO)C(=O)O.[Na].[Na]. The molecule has 0 saturated carbocycles. The Morgan fingerprint density at radius 3 is 1.77 bits per heavy atom. The molecule has 7 heteroatoms. The van der Waals surface area contributed by atoms with E-state index in [9.17, 15) is 14.7 Å². The van der Waals surface area contributed by atoms with Gasteiger partial charge in [-0.15, -0.1) is 0 Å². The van der Waals surface area contributed by atoms with Gasteiger partial charge in [-0.2, -0.15) is 0 Å². The molecule has 0 aromatic rings. The van der Waals surface area contributed by atoms with Gasteiger partial charge in [0.05, 0.1) is 0 Å². The van der Waals surface area contributed by atoms with E-state index in [2.05, 4.69) is 6.92 Å². The van der Waals surface area contributed by atoms with Crippen LogP contribution in [0.5, 0.6) is 0 Å². The quantitative estimate of drug-likeness (QED) is 0.314. The molecule has 0 aliphatic carbocycles. The zero-order valence-electron chi connectivity index (χ0n) is 17.6. The molecule has 0 aliphatic rings. The van der Waals surface area contributed by atoms with Gasteiger partial charge in [0.15, 0.2) is 0 Å². The summed E-state index contributed by atoms with van der Waals surface area (Å²) in [5.74, 6) is -1.13. The van der Waals surface area contributed by atoms with E-state index < -0.39 is 12.0 Å². The number of carboxylic acids is 1. The van der Waals surface area contributed by atoms with Crippen LogP contribution in [0.1, 0.15) is 90.9 Å². The van der Waals surface area contributed by atoms with Crippen molar-refractivity contribution in [3.05, 3.63) is 0 Å². The number of carbonyl (C=O) groups is 2. The van der Waals surface area contributed by atoms with Crippen molar-refractivity contribution in [3.63, 3.8) is 0 Å². The minimum atomic E-state index is -1.03. The molecular weight excluding hydrogens is 352 g/mol. The van der Waals surface area contributed by atoms with Crippen LogP contribution in [0.25, 0.3) is 0 Å². The molecule has 0 rings (SSSR count). The molecule has 144 valence electrons. The fraction of sp³-hybridized carbons (Fsp3) is 0.895. The number of rotatable bonds is 16. The molecule has 0 aliphatic heterocycles. The third-order valence-electron chi connectivity index (χ3n) is 4.34. The fourth-order valence-electron chi connectivity index (χ4n) is 2.96. The monoisotopic (exact) mass is 389 g/mol. The predicted octanol–water partition coefficient (Wildman–Crippen LogP) is 3.22. The first kappa shape index (κ1) is 31.6. The standard InChI is InChI=1S/C19H37NO4.2Na/c1-3-5-6-7-8-9-10-11-12-13-18(22)20(15-4-2)17(14-16-21)19(23)24;;/h17,21H,3-16H2,1-2H3,(H,23,24);;/t17-;;/m0../s1. The predicted molar refractivity (Wildman–Crippen MR) is 108 cm³/mol. The molecular formula is C19H37NNa2O4. The topological polar surface area (TPSA) is 77.8 Å². The maximum absolute atomic E-state index is 12.3. The van der Waals surface area contributed by atoms with E-state index in [1.54, 1.807) is 0 Å². The Labute approximate surface area is 204 Å². The van der Waals surface area contributed by atoms with E-state index in [1.165, 1.54) is 43.4 Å². The van der Waals surface area contributed by atoms with Crippen molar-refractivity contribution in [2.24, 2.45) is 0 Å². The summed E-state index contributed by atoms with van der Waals surface area (Å²) < 4.78 is 0. The zero-order chi connectivity index (χ0) is 18.2. The van der Waals surface area contributed by atoms with E-state index in [0.29, 0.717) is 13.0 Å². The summed E-state index contributed by atoms with van der Waals surface area (Å²) >= 11 is 0. The van der Waals surface area contributed by atoms with Crippen LogP contribution in [0.4, 0.5) is 0 Å². The van der Waals surface area contributed by atoms with Gasteiger partial charge in [0, 0.05) is 85.1 Å². The normalized spacial score (nSPS) is 11.2. The van der Waals surface area contributed by atoms with Crippen LogP contribution in [0.3, 0.4) is 0 Å². The van der Waals surface area contributed by atoms with Crippen molar-refractivity contribution in [2.45, 2.75) is 96.9 Å². The number of aliphatic carboxylic acids is 1. The summed E-state index contributed by atoms with van der Waals surface area (Å²) in [5, 5.41) is 18.3. The maximum Gasteiger partial charge on any atom is 0.326 e. The molecule has 1 atom stereocenters. The molecule has 0 aromatic carbocycles. The zero-order valence-corrected chi connectivity index (χ0v) is 21.6. The maximum atomic E-state index is 12.3. The summed E-state index contributed by atoms with van der Waals surface area (Å²) in [7, 11) is 0. The number of nitrogens with zero attached hydrogens (tertiary/aromatic N) is 1. The van der Waals surface area contributed by atoms with Crippen LogP contribution in [-0.2, 0) is 9.59 Å². The second-order valence-electron chi connectivity index (χ2n) is 6.53. The van der Waals surface area contributed by atoms with Gasteiger partial charge in [0.25, 0.3) is 0 Å². The van der Waals surface area contributed by atoms with Crippen molar-refractivity contribution in [1.82, 2.24) is 4.90 Å². The third kappa shape index (κ3) is 15.9. The first-order valence-electron chi connectivity index (χ1n) is 9.71. The summed E-state index contributed by atoms with van der Waals surface area (Å²) in [6.45, 7) is 4.36. The first-order valence-corrected chi connectivity index (χ1v) is 9.71. The Kier molecular flexibility index (Phi) is 27.0. The van der Waals surface area contributed by atoms with Crippen LogP contribution >= 0.6 is 0 Å². The molecule has 0 heterocycles. The van der Waals surface area contributed by atoms with Gasteiger partial charge in [-0.05, 0) is 12.8 Å². The number of carboxylic acid groups (broad SMARTS) is 1. The first-order chi connectivity index (χ1) is 11.6. The number of amides is 1. The average Bonchev–Trinajstić information content (AvgIpc) is 2.56. The van der Waals surface area contributed by atoms with Gasteiger partial charge < -0.3 is 15.1 Å². The van der Waals surface area contributed by atoms with Crippen LogP contribution < -0.4 is 0 Å². The smallest absolute Gasteiger partial charge is 0.326 e. The van der Waals surface area contributed by atoms with Gasteiger partial charge in [-0.25, -0.2) is 4.79 Å². The summed E-state index contributed by atoms with van der Waals surface area (Å²) in [6.07, 6.45) is 11.9. The molecule has 2 N–H and O–H groups in total. The van der Waals surface area contributed by atoms with E-state index in [1.807, 2.05) is 6.92 Å². The third-order valence-corrected chi connectivity index (χ3v) is 4.34. The van der Waals surface area contributed by atoms with Crippen LogP contribution in [0, 0.1) is 0 Å². The van der Waals surface area contributed by atoms with E-state index in [0.717, 1.165) is 25.7 Å². The fourth-order valence-corrected chi connectivity index (χ4v) is 2.96. The van der Waals surface area contributed by atoms with E-state index in [4.69, 9.17) is 5.11 Å². The number of hydrogen-bond acceptors (Lipinski definition) is 3. The Hall–Kier alpha value is 0.900. The summed E-state index contributed by atoms with van der Waals surface area (Å²) in [6, 6.07) is -0.902. The molecule has 2 radical (unpaired) electrons. The Morgan fingerprint density at radius 2 is 1.35 bits per heavy atom. The molecule has 5 nitrogen and oxygen atoms in total. The average molecular weight is 389 g/mol. The summed E-state index contributed by atoms with van der Waals surface area (Å²) in [4.78, 5) is 25.1. The van der Waals surface area contributed by atoms with Crippen molar-refractivity contribution >= 4 is 71.0 Å². The Bertz CT molecular complexity index is 344. The van der Waals surface area contributed by atoms with Gasteiger partial charge in [0.2, 0.25) is 5.91 Å². The van der Waals surface area contributed by atoms with Crippen LogP contribution in [0.15, 0.2) is 0 Å². The molecule has 26 heavy (non-hydrogen) atoms. The largest absolute Gasteiger partial charge is 0.480 e. The van der Waals surface area contributed by atoms with Crippen molar-refractivity contribution in [1.29, 1.82) is 0 Å². The molecule has 0 bridgehead atoms. The molecule has 0 aromatic heterocycles. The minimum Gasteiger partial charge on any atom is -0.480 e. The Balaban J connectivity index is -0.00000264. The van der Waals surface area contributed by atoms with Gasteiger partial charge in [-0.3, -0.25) is 4.79 Å². The summed E-state index contributed by atoms with van der Waals surface area (Å²) in [5.41, 5.74) is 0. The number of hydrogen-bond donors (Lipinski definition) is 2. The molecule has 0 fully saturated rings. The minimum absolute atomic E-state index is 0. The number of aliphatic hydroxyl groups excluding tert-OH is 1. The van der Waals surface area contributed by atoms with E-state index >= 15 is 0 Å². The molecule has 0 unspecified atom stereocenters. The Morgan fingerprint density at radius 1 is 0.846 bits per heavy atom. The molecule has 0 saturated heterocycles. The second kappa shape index (κ2) is 22.2. The van der Waals surface area contributed by atoms with Crippen LogP contribution in [0.2, 0.25) is 0 Å². The van der Waals surface area contributed by atoms with Gasteiger partial charge in [0.1, 0.15) is 6.04 Å². The number of carbonyl (C=O) groups excluding carboxylic acids is 1. The van der Waals surface area contributed by atoms with Gasteiger partial charge >= 0.3 is 5.97 Å². The van der Waals surface area contributed by atoms with Crippen molar-refractivity contribution in [3.8, 4) is 0 Å².